The van der Waals surface area contributed by atoms with Crippen LogP contribution in [0.15, 0.2) is 244 Å². The molecule has 3 aliphatic carbocycles. The van der Waals surface area contributed by atoms with Gasteiger partial charge >= 0.3 is 41.8 Å². The SMILES string of the molecule is C=CC(=O)OCCCc1ccc(C(=O)OC2=CC3=C(CC2)c2ccc(OC(=O)c4ccc(CCCOC(=O)C=C)cc4)cc2C3C#Cc2ccc(C#CC3c4cc(OC(=O)c5ccc(CCCOC(=O)C=C)cc5)ccc4-c4ccc(OC(=O)c5ccc(CCCOC(O)C=C)cc5)cc43)cc2)cc1. The van der Waals surface area contributed by atoms with Crippen molar-refractivity contribution in [2.24, 2.45) is 0 Å². The van der Waals surface area contributed by atoms with Crippen molar-refractivity contribution in [2.45, 2.75) is 82.3 Å². The summed E-state index contributed by atoms with van der Waals surface area (Å²) in [7, 11) is 0. The van der Waals surface area contributed by atoms with Gasteiger partial charge in [0, 0.05) is 35.8 Å². The first-order valence-corrected chi connectivity index (χ1v) is 34.2. The number of aliphatic hydroxyl groups is 1. The fourth-order valence-electron chi connectivity index (χ4n) is 12.2. The number of fused-ring (bicyclic) bond motifs is 5. The summed E-state index contributed by atoms with van der Waals surface area (Å²) in [6.45, 7) is 14.9. The van der Waals surface area contributed by atoms with Gasteiger partial charge in [0.25, 0.3) is 0 Å². The molecule has 0 aliphatic heterocycles. The lowest BCUT2D eigenvalue weighted by Crippen LogP contribution is -2.10. The molecule has 3 atom stereocenters. The summed E-state index contributed by atoms with van der Waals surface area (Å²) in [6.07, 6.45) is 11.6. The van der Waals surface area contributed by atoms with Crippen molar-refractivity contribution < 1.29 is 76.6 Å². The van der Waals surface area contributed by atoms with Gasteiger partial charge in [0.05, 0.1) is 60.5 Å². The number of hydrogen-bond donors (Lipinski definition) is 1. The summed E-state index contributed by atoms with van der Waals surface area (Å²) in [4.78, 5) is 89.2. The van der Waals surface area contributed by atoms with Crippen LogP contribution in [-0.2, 0) is 63.8 Å². The number of ether oxygens (including phenoxy) is 8. The molecule has 0 amide bonds. The van der Waals surface area contributed by atoms with Crippen molar-refractivity contribution >= 4 is 47.4 Å². The molecule has 16 heteroatoms. The maximum atomic E-state index is 13.7. The largest absolute Gasteiger partial charge is 0.463 e. The number of carbonyl (C=O) groups excluding carboxylic acids is 7. The molecule has 104 heavy (non-hydrogen) atoms. The van der Waals surface area contributed by atoms with Gasteiger partial charge in [-0.25, -0.2) is 33.6 Å². The number of benzene rings is 8. The summed E-state index contributed by atoms with van der Waals surface area (Å²) in [5.41, 5.74) is 13.5. The van der Waals surface area contributed by atoms with Gasteiger partial charge in [-0.1, -0.05) is 117 Å². The van der Waals surface area contributed by atoms with Crippen LogP contribution in [0.4, 0.5) is 0 Å². The maximum absolute atomic E-state index is 13.7. The average molecular weight is 1390 g/mol. The number of allylic oxidation sites excluding steroid dienone is 4. The first-order valence-electron chi connectivity index (χ1n) is 34.2. The number of esters is 7. The van der Waals surface area contributed by atoms with Crippen LogP contribution in [0, 0.1) is 23.7 Å². The molecule has 0 saturated heterocycles. The molecule has 0 aromatic heterocycles. The standard InChI is InChI=1S/C88H74O16/c1-5-81(89)97-49-9-13-57-21-31-63(32-22-57)85(93)101-67-39-45-71-72-46-40-68(102-86(94)64-33-23-58(24-34-64)14-10-50-98-82(90)6-2)54-78(72)75(77(71)53-67)43-29-61-17-19-62(20-18-61)30-44-76-79-55-69(103-87(95)65-35-25-59(26-36-65)15-11-51-99-83(91)7-3)41-47-73(79)74-48-42-70(56-80(74)76)104-88(96)66-37-27-60(28-38-66)16-12-52-100-84(92)8-4/h5-8,17-28,31-41,45-47,53-56,75-76,81,89H,1-4,9-16,42,48-52H2. The molecule has 16 nitrogen and oxygen atoms in total. The molecular weight excluding hydrogens is 1310 g/mol. The minimum atomic E-state index is -1.03. The van der Waals surface area contributed by atoms with Crippen LogP contribution in [0.25, 0.3) is 16.7 Å². The van der Waals surface area contributed by atoms with Gasteiger partial charge in [-0.3, -0.25) is 0 Å². The van der Waals surface area contributed by atoms with Crippen molar-refractivity contribution in [3.05, 3.63) is 322 Å². The average Bonchev–Trinajstić information content (AvgIpc) is 1.61. The first-order chi connectivity index (χ1) is 50.6. The van der Waals surface area contributed by atoms with Gasteiger partial charge in [0.2, 0.25) is 0 Å². The quantitative estimate of drug-likeness (QED) is 0.00674. The summed E-state index contributed by atoms with van der Waals surface area (Å²) in [5, 5.41) is 9.64. The molecule has 8 aromatic rings. The zero-order chi connectivity index (χ0) is 72.9. The molecule has 0 saturated carbocycles. The maximum Gasteiger partial charge on any atom is 0.343 e. The Morgan fingerprint density at radius 1 is 0.413 bits per heavy atom. The first kappa shape index (κ1) is 72.8. The molecule has 522 valence electrons. The van der Waals surface area contributed by atoms with E-state index in [1.165, 1.54) is 6.08 Å². The molecular formula is C88H74O16. The second-order valence-electron chi connectivity index (χ2n) is 24.6. The summed E-state index contributed by atoms with van der Waals surface area (Å²) in [6, 6.07) is 52.3. The van der Waals surface area contributed by atoms with Gasteiger partial charge in [-0.2, -0.15) is 0 Å². The molecule has 0 heterocycles. The Hall–Kier alpha value is -12.5. The van der Waals surface area contributed by atoms with Crippen molar-refractivity contribution in [1.29, 1.82) is 0 Å². The number of aryl methyl sites for hydroxylation is 4. The molecule has 8 aromatic carbocycles. The highest BCUT2D eigenvalue weighted by molar-refractivity contribution is 5.94. The Bertz CT molecular complexity index is 4800. The predicted octanol–water partition coefficient (Wildman–Crippen LogP) is 15.4. The summed E-state index contributed by atoms with van der Waals surface area (Å²) < 4.78 is 44.7. The lowest BCUT2D eigenvalue weighted by atomic mass is 9.92. The molecule has 1 N–H and O–H groups in total. The van der Waals surface area contributed by atoms with Crippen LogP contribution in [0.5, 0.6) is 17.2 Å². The van der Waals surface area contributed by atoms with E-state index in [1.54, 1.807) is 66.7 Å². The number of rotatable bonds is 29. The van der Waals surface area contributed by atoms with Gasteiger partial charge in [0.1, 0.15) is 23.0 Å². The Labute approximate surface area is 603 Å². The lowest BCUT2D eigenvalue weighted by Gasteiger charge is -2.17. The highest BCUT2D eigenvalue weighted by atomic mass is 16.6. The summed E-state index contributed by atoms with van der Waals surface area (Å²) >= 11 is 0. The van der Waals surface area contributed by atoms with Crippen LogP contribution in [0.3, 0.4) is 0 Å². The lowest BCUT2D eigenvalue weighted by molar-refractivity contribution is -0.138. The van der Waals surface area contributed by atoms with E-state index < -0.39 is 59.9 Å². The highest BCUT2D eigenvalue weighted by Gasteiger charge is 2.34. The van der Waals surface area contributed by atoms with E-state index in [4.69, 9.17) is 37.9 Å². The highest BCUT2D eigenvalue weighted by Crippen LogP contribution is 2.50. The van der Waals surface area contributed by atoms with Crippen LogP contribution in [-0.4, -0.2) is 79.6 Å². The smallest absolute Gasteiger partial charge is 0.343 e. The van der Waals surface area contributed by atoms with Gasteiger partial charge in [-0.15, -0.1) is 0 Å². The number of aliphatic hydroxyl groups excluding tert-OH is 1. The third-order valence-corrected chi connectivity index (χ3v) is 17.6. The predicted molar refractivity (Wildman–Crippen MR) is 392 cm³/mol. The number of hydrogen-bond acceptors (Lipinski definition) is 16. The minimum Gasteiger partial charge on any atom is -0.463 e. The van der Waals surface area contributed by atoms with E-state index >= 15 is 0 Å². The summed E-state index contributed by atoms with van der Waals surface area (Å²) in [5.74, 6) is 10.5. The molecule has 11 rings (SSSR count). The zero-order valence-electron chi connectivity index (χ0n) is 57.2. The van der Waals surface area contributed by atoms with Crippen molar-refractivity contribution in [3.8, 4) is 52.1 Å². The third kappa shape index (κ3) is 19.1. The van der Waals surface area contributed by atoms with Crippen LogP contribution < -0.4 is 14.2 Å². The number of carbonyl (C=O) groups is 7. The fraction of sp³-hybridized carbons (Fsp3) is 0.193. The monoisotopic (exact) mass is 1390 g/mol. The van der Waals surface area contributed by atoms with E-state index in [0.717, 1.165) is 85.0 Å². The molecule has 0 bridgehead atoms. The topological polar surface area (TPSA) is 214 Å². The second kappa shape index (κ2) is 35.2. The van der Waals surface area contributed by atoms with E-state index in [0.29, 0.717) is 127 Å². The molecule has 3 unspecified atom stereocenters. The van der Waals surface area contributed by atoms with E-state index in [1.807, 2.05) is 115 Å². The van der Waals surface area contributed by atoms with Crippen LogP contribution >= 0.6 is 0 Å². The second-order valence-corrected chi connectivity index (χ2v) is 24.6. The minimum absolute atomic E-state index is 0.240. The molecule has 0 spiro atoms. The van der Waals surface area contributed by atoms with Gasteiger partial charge in [-0.05, 0) is 246 Å². The van der Waals surface area contributed by atoms with E-state index in [-0.39, 0.29) is 19.8 Å². The third-order valence-electron chi connectivity index (χ3n) is 17.6. The van der Waals surface area contributed by atoms with E-state index in [9.17, 15) is 38.7 Å². The van der Waals surface area contributed by atoms with Crippen molar-refractivity contribution in [3.63, 3.8) is 0 Å². The Morgan fingerprint density at radius 3 is 1.13 bits per heavy atom. The van der Waals surface area contributed by atoms with Crippen molar-refractivity contribution in [2.75, 3.05) is 26.4 Å². The zero-order valence-corrected chi connectivity index (χ0v) is 57.2. The van der Waals surface area contributed by atoms with E-state index in [2.05, 4.69) is 50.0 Å². The van der Waals surface area contributed by atoms with Crippen LogP contribution in [0.2, 0.25) is 0 Å². The Morgan fingerprint density at radius 2 is 0.760 bits per heavy atom. The van der Waals surface area contributed by atoms with Gasteiger partial charge < -0.3 is 43.0 Å². The van der Waals surface area contributed by atoms with Gasteiger partial charge in [0.15, 0.2) is 6.29 Å². The Balaban J connectivity index is 0.838. The molecule has 0 radical (unpaired) electrons. The molecule has 3 aliphatic rings. The molecule has 0 fully saturated rings. The Kier molecular flexibility index (Phi) is 24.6. The normalized spacial score (nSPS) is 13.7. The van der Waals surface area contributed by atoms with Crippen LogP contribution in [0.1, 0.15) is 147 Å². The van der Waals surface area contributed by atoms with Crippen molar-refractivity contribution in [1.82, 2.24) is 0 Å². The fourth-order valence-corrected chi connectivity index (χ4v) is 12.2.